The number of rotatable bonds is 7. The van der Waals surface area contributed by atoms with Gasteiger partial charge in [0.05, 0.1) is 21.3 Å². The summed E-state index contributed by atoms with van der Waals surface area (Å²) in [5.74, 6) is -2.36. The molecular formula is C21H22O7. The van der Waals surface area contributed by atoms with Gasteiger partial charge in [-0.25, -0.2) is 4.79 Å². The van der Waals surface area contributed by atoms with Crippen LogP contribution in [0.3, 0.4) is 0 Å². The van der Waals surface area contributed by atoms with Crippen molar-refractivity contribution in [3.63, 3.8) is 0 Å². The molecule has 0 atom stereocenters. The van der Waals surface area contributed by atoms with Gasteiger partial charge in [0, 0.05) is 0 Å². The molecule has 7 nitrogen and oxygen atoms in total. The van der Waals surface area contributed by atoms with Gasteiger partial charge in [0.15, 0.2) is 5.92 Å². The van der Waals surface area contributed by atoms with Crippen molar-refractivity contribution in [3.8, 4) is 11.1 Å². The molecule has 0 unspecified atom stereocenters. The van der Waals surface area contributed by atoms with Gasteiger partial charge in [0.25, 0.3) is 0 Å². The fraction of sp³-hybridized carbons (Fsp3) is 0.286. The largest absolute Gasteiger partial charge is 0.508 e. The highest BCUT2D eigenvalue weighted by Gasteiger charge is 2.29. The lowest BCUT2D eigenvalue weighted by Gasteiger charge is -2.16. The molecule has 0 spiro atoms. The number of benzene rings is 2. The molecule has 0 aliphatic rings. The number of hydrogen-bond acceptors (Lipinski definition) is 7. The van der Waals surface area contributed by atoms with Gasteiger partial charge in [0.1, 0.15) is 6.61 Å². The van der Waals surface area contributed by atoms with E-state index in [0.717, 1.165) is 22.3 Å². The molecule has 0 saturated heterocycles. The Bertz CT molecular complexity index is 828. The Labute approximate surface area is 163 Å². The lowest BCUT2D eigenvalue weighted by Crippen LogP contribution is -2.28. The molecule has 2 aromatic rings. The zero-order valence-electron chi connectivity index (χ0n) is 16.0. The molecule has 28 heavy (non-hydrogen) atoms. The Morgan fingerprint density at radius 2 is 1.54 bits per heavy atom. The molecule has 0 N–H and O–H groups in total. The van der Waals surface area contributed by atoms with E-state index in [0.29, 0.717) is 0 Å². The van der Waals surface area contributed by atoms with Crippen molar-refractivity contribution in [2.24, 2.45) is 5.92 Å². The van der Waals surface area contributed by atoms with E-state index in [1.165, 1.54) is 21.3 Å². The molecule has 148 valence electrons. The minimum Gasteiger partial charge on any atom is -0.468 e. The van der Waals surface area contributed by atoms with Crippen LogP contribution in [0.1, 0.15) is 11.1 Å². The van der Waals surface area contributed by atoms with Gasteiger partial charge in [-0.1, -0.05) is 42.5 Å². The zero-order chi connectivity index (χ0) is 20.5. The zero-order valence-corrected chi connectivity index (χ0v) is 16.0. The van der Waals surface area contributed by atoms with Crippen LogP contribution in [0, 0.1) is 5.92 Å². The average molecular weight is 386 g/mol. The molecular weight excluding hydrogens is 364 g/mol. The molecule has 0 amide bonds. The van der Waals surface area contributed by atoms with Gasteiger partial charge in [-0.15, -0.1) is 0 Å². The fourth-order valence-electron chi connectivity index (χ4n) is 2.78. The first-order valence-corrected chi connectivity index (χ1v) is 8.53. The van der Waals surface area contributed by atoms with E-state index < -0.39 is 24.0 Å². The van der Waals surface area contributed by atoms with E-state index in [2.05, 4.69) is 4.74 Å². The molecule has 0 bridgehead atoms. The summed E-state index contributed by atoms with van der Waals surface area (Å²) in [4.78, 5) is 35.2. The smallest absolute Gasteiger partial charge is 0.468 e. The summed E-state index contributed by atoms with van der Waals surface area (Å²) >= 11 is 0. The highest BCUT2D eigenvalue weighted by atomic mass is 16.7. The Morgan fingerprint density at radius 3 is 2.18 bits per heavy atom. The second-order valence-corrected chi connectivity index (χ2v) is 5.90. The third-order valence-corrected chi connectivity index (χ3v) is 4.17. The number of hydrogen-bond donors (Lipinski definition) is 0. The van der Waals surface area contributed by atoms with Crippen LogP contribution in [-0.2, 0) is 41.6 Å². The van der Waals surface area contributed by atoms with Gasteiger partial charge in [-0.2, -0.15) is 0 Å². The van der Waals surface area contributed by atoms with Crippen LogP contribution in [-0.4, -0.2) is 39.4 Å². The number of carbonyl (C=O) groups excluding carboxylic acids is 3. The summed E-state index contributed by atoms with van der Waals surface area (Å²) in [5, 5.41) is 0. The molecule has 2 aromatic carbocycles. The van der Waals surface area contributed by atoms with Crippen molar-refractivity contribution in [1.82, 2.24) is 0 Å². The van der Waals surface area contributed by atoms with Gasteiger partial charge >= 0.3 is 18.1 Å². The summed E-state index contributed by atoms with van der Waals surface area (Å²) in [6.07, 6.45) is -0.622. The second-order valence-electron chi connectivity index (χ2n) is 5.90. The van der Waals surface area contributed by atoms with Crippen molar-refractivity contribution in [2.75, 3.05) is 21.3 Å². The first-order valence-electron chi connectivity index (χ1n) is 8.53. The number of esters is 2. The molecule has 0 fully saturated rings. The Kier molecular flexibility index (Phi) is 7.56. The lowest BCUT2D eigenvalue weighted by atomic mass is 9.91. The molecule has 0 saturated carbocycles. The molecule has 0 radical (unpaired) electrons. The van der Waals surface area contributed by atoms with E-state index in [9.17, 15) is 14.4 Å². The minimum atomic E-state index is -1.05. The third kappa shape index (κ3) is 5.33. The first kappa shape index (κ1) is 21.0. The van der Waals surface area contributed by atoms with Crippen molar-refractivity contribution < 1.29 is 33.3 Å². The number of methoxy groups -OCH3 is 3. The fourth-order valence-corrected chi connectivity index (χ4v) is 2.78. The molecule has 0 aliphatic carbocycles. The predicted octanol–water partition coefficient (Wildman–Crippen LogP) is 3.14. The standard InChI is InChI=1S/C21H22O7/c1-25-19(22)18(20(23)26-2)12-16-8-4-5-10-17(16)15-9-6-7-14(11-15)13-28-21(24)27-3/h4-11,18H,12-13H2,1-3H3. The van der Waals surface area contributed by atoms with Crippen molar-refractivity contribution in [3.05, 3.63) is 59.7 Å². The van der Waals surface area contributed by atoms with Gasteiger partial charge < -0.3 is 18.9 Å². The molecule has 2 rings (SSSR count). The number of ether oxygens (including phenoxy) is 4. The van der Waals surface area contributed by atoms with Crippen LogP contribution in [0.5, 0.6) is 0 Å². The van der Waals surface area contributed by atoms with Crippen molar-refractivity contribution in [2.45, 2.75) is 13.0 Å². The summed E-state index contributed by atoms with van der Waals surface area (Å²) in [6, 6.07) is 14.8. The van der Waals surface area contributed by atoms with Crippen LogP contribution in [0.4, 0.5) is 4.79 Å². The summed E-state index contributed by atoms with van der Waals surface area (Å²) in [5.41, 5.74) is 3.26. The maximum Gasteiger partial charge on any atom is 0.508 e. The summed E-state index contributed by atoms with van der Waals surface area (Å²) < 4.78 is 18.9. The normalized spacial score (nSPS) is 10.3. The van der Waals surface area contributed by atoms with Gasteiger partial charge in [-0.05, 0) is 34.7 Å². The third-order valence-electron chi connectivity index (χ3n) is 4.17. The van der Waals surface area contributed by atoms with Crippen LogP contribution in [0.25, 0.3) is 11.1 Å². The quantitative estimate of drug-likeness (QED) is 0.410. The van der Waals surface area contributed by atoms with E-state index in [1.54, 1.807) is 0 Å². The highest BCUT2D eigenvalue weighted by Crippen LogP contribution is 2.27. The molecule has 0 aromatic heterocycles. The topological polar surface area (TPSA) is 88.1 Å². The number of carbonyl (C=O) groups is 3. The monoisotopic (exact) mass is 386 g/mol. The SMILES string of the molecule is COC(=O)OCc1cccc(-c2ccccc2CC(C(=O)OC)C(=O)OC)c1. The highest BCUT2D eigenvalue weighted by molar-refractivity contribution is 5.95. The van der Waals surface area contributed by atoms with E-state index >= 15 is 0 Å². The molecule has 0 aliphatic heterocycles. The first-order chi connectivity index (χ1) is 13.5. The maximum atomic E-state index is 12.0. The lowest BCUT2D eigenvalue weighted by molar-refractivity contribution is -0.158. The Balaban J connectivity index is 2.32. The van der Waals surface area contributed by atoms with E-state index in [4.69, 9.17) is 14.2 Å². The van der Waals surface area contributed by atoms with Crippen molar-refractivity contribution in [1.29, 1.82) is 0 Å². The summed E-state index contributed by atoms with van der Waals surface area (Å²) in [7, 11) is 3.71. The van der Waals surface area contributed by atoms with E-state index in [1.807, 2.05) is 48.5 Å². The second kappa shape index (κ2) is 10.1. The van der Waals surface area contributed by atoms with Crippen LogP contribution in [0.15, 0.2) is 48.5 Å². The molecule has 0 heterocycles. The maximum absolute atomic E-state index is 12.0. The minimum absolute atomic E-state index is 0.0651. The van der Waals surface area contributed by atoms with E-state index in [-0.39, 0.29) is 13.0 Å². The van der Waals surface area contributed by atoms with Crippen LogP contribution < -0.4 is 0 Å². The van der Waals surface area contributed by atoms with Crippen molar-refractivity contribution >= 4 is 18.1 Å². The van der Waals surface area contributed by atoms with Gasteiger partial charge in [-0.3, -0.25) is 9.59 Å². The van der Waals surface area contributed by atoms with Crippen LogP contribution >= 0.6 is 0 Å². The van der Waals surface area contributed by atoms with Gasteiger partial charge in [0.2, 0.25) is 0 Å². The predicted molar refractivity (Wildman–Crippen MR) is 100 cm³/mol. The Morgan fingerprint density at radius 1 is 0.857 bits per heavy atom. The summed E-state index contributed by atoms with van der Waals surface area (Å²) in [6.45, 7) is 0.0651. The average Bonchev–Trinajstić information content (AvgIpc) is 2.75. The van der Waals surface area contributed by atoms with Crippen LogP contribution in [0.2, 0.25) is 0 Å². The Hall–Kier alpha value is -3.35. The molecule has 7 heteroatoms.